The Bertz CT molecular complexity index is 463. The predicted molar refractivity (Wildman–Crippen MR) is 81.1 cm³/mol. The number of hydrogen-bond acceptors (Lipinski definition) is 3. The molecule has 0 saturated heterocycles. The largest absolute Gasteiger partial charge is 0.383 e. The van der Waals surface area contributed by atoms with Gasteiger partial charge in [0.2, 0.25) is 0 Å². The summed E-state index contributed by atoms with van der Waals surface area (Å²) in [6.07, 6.45) is 8.89. The predicted octanol–water partition coefficient (Wildman–Crippen LogP) is 4.38. The lowest BCUT2D eigenvalue weighted by atomic mass is 9.80. The zero-order valence-electron chi connectivity index (χ0n) is 11.5. The van der Waals surface area contributed by atoms with Crippen molar-refractivity contribution in [1.29, 1.82) is 0 Å². The highest BCUT2D eigenvalue weighted by Gasteiger charge is 2.31. The Kier molecular flexibility index (Phi) is 3.79. The van der Waals surface area contributed by atoms with Crippen LogP contribution in [-0.4, -0.2) is 9.97 Å². The smallest absolute Gasteiger partial charge is 0.141 e. The third-order valence-corrected chi connectivity index (χ3v) is 5.49. The summed E-state index contributed by atoms with van der Waals surface area (Å²) in [6.45, 7) is 2.30. The molecule has 1 heterocycles. The SMILES string of the molecule is CCC1CCC(c2nc(N)c(Br)c(C3CC3)n2)CC1. The average molecular weight is 324 g/mol. The monoisotopic (exact) mass is 323 g/mol. The summed E-state index contributed by atoms with van der Waals surface area (Å²) >= 11 is 3.55. The summed E-state index contributed by atoms with van der Waals surface area (Å²) in [5.74, 6) is 3.68. The lowest BCUT2D eigenvalue weighted by molar-refractivity contribution is 0.312. The normalized spacial score (nSPS) is 27.5. The van der Waals surface area contributed by atoms with Crippen LogP contribution in [0.2, 0.25) is 0 Å². The van der Waals surface area contributed by atoms with Crippen LogP contribution in [0, 0.1) is 5.92 Å². The Hall–Kier alpha value is -0.640. The maximum Gasteiger partial charge on any atom is 0.141 e. The quantitative estimate of drug-likeness (QED) is 0.897. The van der Waals surface area contributed by atoms with Crippen LogP contribution in [0.5, 0.6) is 0 Å². The van der Waals surface area contributed by atoms with Crippen LogP contribution in [-0.2, 0) is 0 Å². The summed E-state index contributed by atoms with van der Waals surface area (Å²) in [6, 6.07) is 0. The molecule has 0 radical (unpaired) electrons. The van der Waals surface area contributed by atoms with Gasteiger partial charge in [0.1, 0.15) is 11.6 Å². The van der Waals surface area contributed by atoms with Gasteiger partial charge in [0.25, 0.3) is 0 Å². The number of anilines is 1. The van der Waals surface area contributed by atoms with E-state index in [0.29, 0.717) is 17.7 Å². The maximum absolute atomic E-state index is 6.05. The van der Waals surface area contributed by atoms with Crippen molar-refractivity contribution < 1.29 is 0 Å². The number of nitrogen functional groups attached to an aromatic ring is 1. The molecule has 0 atom stereocenters. The Labute approximate surface area is 123 Å². The molecule has 2 fully saturated rings. The molecule has 0 aromatic carbocycles. The van der Waals surface area contributed by atoms with Crippen molar-refractivity contribution in [2.24, 2.45) is 5.92 Å². The van der Waals surface area contributed by atoms with Crippen molar-refractivity contribution in [3.8, 4) is 0 Å². The van der Waals surface area contributed by atoms with E-state index in [1.54, 1.807) is 0 Å². The molecule has 0 unspecified atom stereocenters. The summed E-state index contributed by atoms with van der Waals surface area (Å²) in [7, 11) is 0. The molecule has 2 aliphatic carbocycles. The van der Waals surface area contributed by atoms with Crippen molar-refractivity contribution in [1.82, 2.24) is 9.97 Å². The molecule has 2 saturated carbocycles. The van der Waals surface area contributed by atoms with Crippen molar-refractivity contribution in [3.63, 3.8) is 0 Å². The lowest BCUT2D eigenvalue weighted by Crippen LogP contribution is -2.16. The van der Waals surface area contributed by atoms with Gasteiger partial charge in [-0.1, -0.05) is 13.3 Å². The summed E-state index contributed by atoms with van der Waals surface area (Å²) < 4.78 is 0.931. The van der Waals surface area contributed by atoms with E-state index in [1.807, 2.05) is 0 Å². The minimum Gasteiger partial charge on any atom is -0.383 e. The molecular formula is C15H22BrN3. The van der Waals surface area contributed by atoms with Crippen LogP contribution in [0.25, 0.3) is 0 Å². The summed E-state index contributed by atoms with van der Waals surface area (Å²) in [4.78, 5) is 9.37. The molecule has 3 rings (SSSR count). The number of halogens is 1. The Morgan fingerprint density at radius 1 is 1.05 bits per heavy atom. The minimum atomic E-state index is 0.524. The van der Waals surface area contributed by atoms with Gasteiger partial charge in [-0.2, -0.15) is 0 Å². The van der Waals surface area contributed by atoms with E-state index >= 15 is 0 Å². The molecule has 19 heavy (non-hydrogen) atoms. The number of rotatable bonds is 3. The Balaban J connectivity index is 1.81. The highest BCUT2D eigenvalue weighted by atomic mass is 79.9. The molecule has 0 aliphatic heterocycles. The summed E-state index contributed by atoms with van der Waals surface area (Å²) in [5.41, 5.74) is 7.20. The van der Waals surface area contributed by atoms with Gasteiger partial charge < -0.3 is 5.73 Å². The third-order valence-electron chi connectivity index (χ3n) is 4.67. The number of aromatic nitrogens is 2. The van der Waals surface area contributed by atoms with Crippen LogP contribution in [0.3, 0.4) is 0 Å². The number of nitrogens with two attached hydrogens (primary N) is 1. The molecule has 2 N–H and O–H groups in total. The van der Waals surface area contributed by atoms with Gasteiger partial charge in [-0.3, -0.25) is 0 Å². The molecule has 0 bridgehead atoms. The zero-order chi connectivity index (χ0) is 13.4. The Morgan fingerprint density at radius 3 is 2.26 bits per heavy atom. The number of nitrogens with zero attached hydrogens (tertiary/aromatic N) is 2. The molecule has 1 aromatic rings. The first kappa shape index (κ1) is 13.3. The topological polar surface area (TPSA) is 51.8 Å². The second-order valence-corrected chi connectivity index (χ2v) is 6.86. The fourth-order valence-corrected chi connectivity index (χ4v) is 3.64. The first-order valence-corrected chi connectivity index (χ1v) is 8.31. The Morgan fingerprint density at radius 2 is 1.68 bits per heavy atom. The van der Waals surface area contributed by atoms with E-state index in [0.717, 1.165) is 21.9 Å². The van der Waals surface area contributed by atoms with E-state index in [4.69, 9.17) is 10.7 Å². The van der Waals surface area contributed by atoms with Crippen molar-refractivity contribution in [2.75, 3.05) is 5.73 Å². The zero-order valence-corrected chi connectivity index (χ0v) is 13.1. The maximum atomic E-state index is 6.05. The van der Waals surface area contributed by atoms with Gasteiger partial charge in [-0.05, 0) is 60.4 Å². The first-order valence-electron chi connectivity index (χ1n) is 7.51. The second kappa shape index (κ2) is 5.39. The average Bonchev–Trinajstić information content (AvgIpc) is 3.26. The first-order chi connectivity index (χ1) is 9.19. The molecule has 2 aliphatic rings. The standard InChI is InChI=1S/C15H22BrN3/c1-2-9-3-5-11(6-4-9)15-18-13(10-7-8-10)12(16)14(17)19-15/h9-11H,2-8H2,1H3,(H2,17,18,19). The van der Waals surface area contributed by atoms with E-state index in [9.17, 15) is 0 Å². The van der Waals surface area contributed by atoms with E-state index in [2.05, 4.69) is 27.8 Å². The molecule has 104 valence electrons. The van der Waals surface area contributed by atoms with E-state index in [1.165, 1.54) is 44.9 Å². The van der Waals surface area contributed by atoms with Crippen LogP contribution in [0.4, 0.5) is 5.82 Å². The molecule has 3 nitrogen and oxygen atoms in total. The fraction of sp³-hybridized carbons (Fsp3) is 0.733. The van der Waals surface area contributed by atoms with Crippen LogP contribution in [0.1, 0.15) is 75.2 Å². The molecule has 0 spiro atoms. The van der Waals surface area contributed by atoms with Gasteiger partial charge in [-0.25, -0.2) is 9.97 Å². The highest BCUT2D eigenvalue weighted by Crippen LogP contribution is 2.44. The van der Waals surface area contributed by atoms with Crippen molar-refractivity contribution in [3.05, 3.63) is 16.0 Å². The summed E-state index contributed by atoms with van der Waals surface area (Å²) in [5, 5.41) is 0. The highest BCUT2D eigenvalue weighted by molar-refractivity contribution is 9.10. The van der Waals surface area contributed by atoms with Gasteiger partial charge in [0.05, 0.1) is 10.2 Å². The van der Waals surface area contributed by atoms with Crippen LogP contribution in [0.15, 0.2) is 4.47 Å². The van der Waals surface area contributed by atoms with Gasteiger partial charge in [0, 0.05) is 11.8 Å². The molecular weight excluding hydrogens is 302 g/mol. The van der Waals surface area contributed by atoms with Gasteiger partial charge in [0.15, 0.2) is 0 Å². The van der Waals surface area contributed by atoms with Crippen LogP contribution < -0.4 is 5.73 Å². The lowest BCUT2D eigenvalue weighted by Gasteiger charge is -2.27. The van der Waals surface area contributed by atoms with Crippen molar-refractivity contribution in [2.45, 2.75) is 63.7 Å². The van der Waals surface area contributed by atoms with Crippen molar-refractivity contribution >= 4 is 21.7 Å². The second-order valence-electron chi connectivity index (χ2n) is 6.07. The molecule has 4 heteroatoms. The third kappa shape index (κ3) is 2.78. The molecule has 0 amide bonds. The fourth-order valence-electron chi connectivity index (χ4n) is 3.14. The molecule has 1 aromatic heterocycles. The van der Waals surface area contributed by atoms with E-state index < -0.39 is 0 Å². The minimum absolute atomic E-state index is 0.524. The van der Waals surface area contributed by atoms with Gasteiger partial charge >= 0.3 is 0 Å². The van der Waals surface area contributed by atoms with Gasteiger partial charge in [-0.15, -0.1) is 0 Å². The van der Waals surface area contributed by atoms with E-state index in [-0.39, 0.29) is 0 Å². The van der Waals surface area contributed by atoms with Crippen LogP contribution >= 0.6 is 15.9 Å². The number of hydrogen-bond donors (Lipinski definition) is 1.